The highest BCUT2D eigenvalue weighted by Gasteiger charge is 2.55. The molecule has 5 nitrogen and oxygen atoms in total. The number of rotatable bonds is 4. The van der Waals surface area contributed by atoms with E-state index in [9.17, 15) is 14.4 Å². The number of carbonyl (C=O) groups is 3. The Kier molecular flexibility index (Phi) is 4.31. The van der Waals surface area contributed by atoms with Crippen LogP contribution in [-0.4, -0.2) is 24.3 Å². The van der Waals surface area contributed by atoms with Crippen molar-refractivity contribution in [1.29, 1.82) is 0 Å². The Labute approximate surface area is 192 Å². The van der Waals surface area contributed by atoms with E-state index in [4.69, 9.17) is 0 Å². The predicted molar refractivity (Wildman–Crippen MR) is 126 cm³/mol. The van der Waals surface area contributed by atoms with Crippen molar-refractivity contribution in [2.45, 2.75) is 26.2 Å². The summed E-state index contributed by atoms with van der Waals surface area (Å²) in [5.74, 6) is 0.703. The molecule has 3 atom stereocenters. The van der Waals surface area contributed by atoms with Crippen molar-refractivity contribution in [2.24, 2.45) is 11.8 Å². The maximum atomic E-state index is 13.1. The van der Waals surface area contributed by atoms with Crippen LogP contribution in [0.3, 0.4) is 0 Å². The van der Waals surface area contributed by atoms with Crippen molar-refractivity contribution in [3.63, 3.8) is 0 Å². The molecule has 1 aliphatic heterocycles. The van der Waals surface area contributed by atoms with Gasteiger partial charge in [0.1, 0.15) is 0 Å². The molecule has 33 heavy (non-hydrogen) atoms. The van der Waals surface area contributed by atoms with Gasteiger partial charge >= 0.3 is 0 Å². The fourth-order valence-electron chi connectivity index (χ4n) is 5.64. The number of aryl methyl sites for hydroxylation is 2. The molecular formula is C28H24N2O3. The largest absolute Gasteiger partial charge is 0.352 e. The molecule has 1 fully saturated rings. The molecule has 3 amide bonds. The first-order valence-electron chi connectivity index (χ1n) is 11.4. The number of anilines is 1. The van der Waals surface area contributed by atoms with E-state index in [0.29, 0.717) is 41.1 Å². The second-order valence-electron chi connectivity index (χ2n) is 9.46. The van der Waals surface area contributed by atoms with E-state index < -0.39 is 0 Å². The second kappa shape index (κ2) is 7.14. The molecule has 1 saturated carbocycles. The van der Waals surface area contributed by atoms with Crippen LogP contribution in [0.5, 0.6) is 0 Å². The zero-order valence-corrected chi connectivity index (χ0v) is 18.6. The topological polar surface area (TPSA) is 66.5 Å². The summed E-state index contributed by atoms with van der Waals surface area (Å²) in [6.45, 7) is 4.43. The first-order valence-corrected chi connectivity index (χ1v) is 11.4. The molecule has 2 aliphatic carbocycles. The molecule has 164 valence electrons. The highest BCUT2D eigenvalue weighted by atomic mass is 16.2. The smallest absolute Gasteiger partial charge is 0.266 e. The van der Waals surface area contributed by atoms with E-state index in [2.05, 4.69) is 29.6 Å². The Morgan fingerprint density at radius 2 is 1.76 bits per heavy atom. The molecule has 3 aromatic carbocycles. The van der Waals surface area contributed by atoms with E-state index in [1.807, 2.05) is 32.0 Å². The molecule has 3 unspecified atom stereocenters. The fraction of sp³-hybridized carbons (Fsp3) is 0.250. The molecule has 0 saturated heterocycles. The molecule has 1 heterocycles. The Morgan fingerprint density at radius 1 is 0.970 bits per heavy atom. The van der Waals surface area contributed by atoms with Gasteiger partial charge in [-0.15, -0.1) is 0 Å². The van der Waals surface area contributed by atoms with Crippen molar-refractivity contribution in [3.8, 4) is 0 Å². The number of hydrogen-bond acceptors (Lipinski definition) is 3. The summed E-state index contributed by atoms with van der Waals surface area (Å²) in [7, 11) is 0. The van der Waals surface area contributed by atoms with Gasteiger partial charge in [-0.3, -0.25) is 14.4 Å². The molecule has 1 N–H and O–H groups in total. The fourth-order valence-corrected chi connectivity index (χ4v) is 5.64. The maximum Gasteiger partial charge on any atom is 0.266 e. The lowest BCUT2D eigenvalue weighted by Gasteiger charge is -2.17. The molecule has 3 aliphatic rings. The third-order valence-corrected chi connectivity index (χ3v) is 7.45. The van der Waals surface area contributed by atoms with Gasteiger partial charge in [-0.25, -0.2) is 4.90 Å². The maximum absolute atomic E-state index is 13.1. The van der Waals surface area contributed by atoms with E-state index in [0.717, 1.165) is 17.5 Å². The van der Waals surface area contributed by atoms with Gasteiger partial charge in [0.25, 0.3) is 17.7 Å². The molecule has 0 radical (unpaired) electrons. The van der Waals surface area contributed by atoms with Gasteiger partial charge in [0.15, 0.2) is 0 Å². The lowest BCUT2D eigenvalue weighted by Crippen LogP contribution is -2.30. The highest BCUT2D eigenvalue weighted by Crippen LogP contribution is 2.60. The first-order chi connectivity index (χ1) is 15.9. The highest BCUT2D eigenvalue weighted by molar-refractivity contribution is 6.35. The van der Waals surface area contributed by atoms with Crippen LogP contribution in [0.25, 0.3) is 0 Å². The predicted octanol–water partition coefficient (Wildman–Crippen LogP) is 4.42. The number of amides is 3. The Hall–Kier alpha value is -3.73. The van der Waals surface area contributed by atoms with Gasteiger partial charge < -0.3 is 5.32 Å². The molecule has 3 aromatic rings. The molecule has 0 spiro atoms. The average molecular weight is 437 g/mol. The SMILES string of the molecule is Cc1ccc(C)c(N2C(=O)c3ccc(C(=O)NCC4C5Cc6ccccc6C45)cc3C2=O)c1. The first kappa shape index (κ1) is 19.9. The monoisotopic (exact) mass is 436 g/mol. The molecule has 5 heteroatoms. The van der Waals surface area contributed by atoms with Crippen LogP contribution in [0.4, 0.5) is 5.69 Å². The van der Waals surface area contributed by atoms with Crippen LogP contribution in [0.1, 0.15) is 59.2 Å². The minimum Gasteiger partial charge on any atom is -0.352 e. The van der Waals surface area contributed by atoms with Crippen molar-refractivity contribution in [3.05, 3.63) is 99.6 Å². The standard InChI is InChI=1S/C28H24N2O3/c1-15-7-8-16(2)24(11-15)30-27(32)20-10-9-18(13-22(20)28(30)33)26(31)29-14-23-21-12-17-5-3-4-6-19(17)25(21)23/h3-11,13,21,23,25H,12,14H2,1-2H3,(H,29,31). The van der Waals surface area contributed by atoms with Crippen LogP contribution >= 0.6 is 0 Å². The van der Waals surface area contributed by atoms with Crippen molar-refractivity contribution in [1.82, 2.24) is 5.32 Å². The molecular weight excluding hydrogens is 412 g/mol. The van der Waals surface area contributed by atoms with Crippen LogP contribution in [0, 0.1) is 25.7 Å². The lowest BCUT2D eigenvalue weighted by atomic mass is 10.0. The summed E-state index contributed by atoms with van der Waals surface area (Å²) in [6, 6.07) is 19.0. The average Bonchev–Trinajstić information content (AvgIpc) is 3.25. The van der Waals surface area contributed by atoms with Crippen molar-refractivity contribution in [2.75, 3.05) is 11.4 Å². The zero-order valence-electron chi connectivity index (χ0n) is 18.6. The number of nitrogens with one attached hydrogen (secondary N) is 1. The lowest BCUT2D eigenvalue weighted by molar-refractivity contribution is 0.0923. The minimum atomic E-state index is -0.383. The van der Waals surface area contributed by atoms with Gasteiger partial charge in [-0.1, -0.05) is 36.4 Å². The summed E-state index contributed by atoms with van der Waals surface area (Å²) in [5, 5.41) is 3.05. The van der Waals surface area contributed by atoms with Gasteiger partial charge in [0, 0.05) is 12.1 Å². The number of benzene rings is 3. The van der Waals surface area contributed by atoms with Crippen molar-refractivity contribution < 1.29 is 14.4 Å². The Bertz CT molecular complexity index is 1360. The molecule has 0 bridgehead atoms. The summed E-state index contributed by atoms with van der Waals surface area (Å²) in [6.07, 6.45) is 1.09. The normalized spacial score (nSPS) is 22.1. The summed E-state index contributed by atoms with van der Waals surface area (Å²) in [4.78, 5) is 40.2. The van der Waals surface area contributed by atoms with E-state index in [1.165, 1.54) is 16.0 Å². The van der Waals surface area contributed by atoms with Crippen LogP contribution in [0.2, 0.25) is 0 Å². The third-order valence-electron chi connectivity index (χ3n) is 7.45. The van der Waals surface area contributed by atoms with Crippen molar-refractivity contribution >= 4 is 23.4 Å². The zero-order chi connectivity index (χ0) is 22.9. The second-order valence-corrected chi connectivity index (χ2v) is 9.46. The summed E-state index contributed by atoms with van der Waals surface area (Å²) < 4.78 is 0. The summed E-state index contributed by atoms with van der Waals surface area (Å²) >= 11 is 0. The quantitative estimate of drug-likeness (QED) is 0.616. The number of fused-ring (bicyclic) bond motifs is 4. The number of nitrogens with zero attached hydrogens (tertiary/aromatic N) is 1. The van der Waals surface area contributed by atoms with Crippen LogP contribution in [-0.2, 0) is 6.42 Å². The Morgan fingerprint density at radius 3 is 2.61 bits per heavy atom. The minimum absolute atomic E-state index is 0.207. The van der Waals surface area contributed by atoms with E-state index in [-0.39, 0.29) is 23.3 Å². The number of hydrogen-bond donors (Lipinski definition) is 1. The third kappa shape index (κ3) is 3.03. The van der Waals surface area contributed by atoms with Gasteiger partial charge in [-0.05, 0) is 84.5 Å². The molecule has 6 rings (SSSR count). The van der Waals surface area contributed by atoms with E-state index in [1.54, 1.807) is 18.2 Å². The van der Waals surface area contributed by atoms with Gasteiger partial charge in [-0.2, -0.15) is 0 Å². The van der Waals surface area contributed by atoms with Crippen LogP contribution < -0.4 is 10.2 Å². The Balaban J connectivity index is 1.18. The van der Waals surface area contributed by atoms with Gasteiger partial charge in [0.2, 0.25) is 0 Å². The number of imide groups is 1. The summed E-state index contributed by atoms with van der Waals surface area (Å²) in [5.41, 5.74) is 6.30. The van der Waals surface area contributed by atoms with E-state index >= 15 is 0 Å². The molecule has 0 aromatic heterocycles. The van der Waals surface area contributed by atoms with Gasteiger partial charge in [0.05, 0.1) is 16.8 Å². The number of carbonyl (C=O) groups excluding carboxylic acids is 3. The van der Waals surface area contributed by atoms with Crippen LogP contribution in [0.15, 0.2) is 60.7 Å².